The van der Waals surface area contributed by atoms with Crippen LogP contribution in [0.4, 0.5) is 5.82 Å². The van der Waals surface area contributed by atoms with Crippen LogP contribution in [-0.2, 0) is 11.3 Å². The molecule has 1 saturated heterocycles. The minimum absolute atomic E-state index is 0.193. The molecule has 3 rings (SSSR count). The zero-order valence-corrected chi connectivity index (χ0v) is 12.2. The predicted octanol–water partition coefficient (Wildman–Crippen LogP) is 3.11. The topological polar surface area (TPSA) is 53.1 Å². The van der Waals surface area contributed by atoms with Gasteiger partial charge in [-0.1, -0.05) is 19.3 Å². The molecular formula is C13H20BrN3O. The van der Waals surface area contributed by atoms with Crippen molar-refractivity contribution in [2.45, 2.75) is 63.2 Å². The minimum atomic E-state index is 0.193. The molecule has 5 heteroatoms. The fourth-order valence-corrected chi connectivity index (χ4v) is 3.62. The Hall–Kier alpha value is -0.550. The van der Waals surface area contributed by atoms with E-state index in [1.807, 2.05) is 10.9 Å². The van der Waals surface area contributed by atoms with Gasteiger partial charge in [0.05, 0.1) is 22.7 Å². The molecular weight excluding hydrogens is 294 g/mol. The van der Waals surface area contributed by atoms with Crippen LogP contribution in [0.3, 0.4) is 0 Å². The van der Waals surface area contributed by atoms with E-state index in [9.17, 15) is 0 Å². The highest BCUT2D eigenvalue weighted by atomic mass is 79.9. The third-order valence-corrected chi connectivity index (χ3v) is 4.85. The Bertz CT molecular complexity index is 406. The van der Waals surface area contributed by atoms with Crippen molar-refractivity contribution in [3.8, 4) is 0 Å². The monoisotopic (exact) mass is 313 g/mol. The van der Waals surface area contributed by atoms with Crippen LogP contribution in [0.15, 0.2) is 10.7 Å². The average molecular weight is 314 g/mol. The first-order valence-corrected chi connectivity index (χ1v) is 7.62. The maximum absolute atomic E-state index is 6.33. The summed E-state index contributed by atoms with van der Waals surface area (Å²) in [5.74, 6) is 0.556. The molecule has 2 heterocycles. The molecule has 1 spiro atoms. The predicted molar refractivity (Wildman–Crippen MR) is 74.3 cm³/mol. The van der Waals surface area contributed by atoms with Gasteiger partial charge in [-0.2, -0.15) is 5.10 Å². The molecule has 1 saturated carbocycles. The van der Waals surface area contributed by atoms with Crippen LogP contribution in [0.1, 0.15) is 44.9 Å². The van der Waals surface area contributed by atoms with Gasteiger partial charge in [-0.05, 0) is 41.6 Å². The van der Waals surface area contributed by atoms with Crippen LogP contribution >= 0.6 is 15.9 Å². The summed E-state index contributed by atoms with van der Waals surface area (Å²) < 4.78 is 9.09. The molecule has 18 heavy (non-hydrogen) atoms. The normalized spacial score (nSPS) is 26.8. The molecule has 1 aromatic heterocycles. The molecule has 2 aliphatic rings. The molecule has 1 aliphatic carbocycles. The van der Waals surface area contributed by atoms with Crippen molar-refractivity contribution in [2.24, 2.45) is 0 Å². The van der Waals surface area contributed by atoms with Gasteiger partial charge in [-0.15, -0.1) is 0 Å². The Kier molecular flexibility index (Phi) is 3.36. The summed E-state index contributed by atoms with van der Waals surface area (Å²) in [6, 6.07) is 0. The first-order valence-electron chi connectivity index (χ1n) is 6.83. The molecule has 100 valence electrons. The average Bonchev–Trinajstić information content (AvgIpc) is 2.86. The molecule has 2 fully saturated rings. The highest BCUT2D eigenvalue weighted by Crippen LogP contribution is 2.42. The van der Waals surface area contributed by atoms with Crippen molar-refractivity contribution in [1.82, 2.24) is 9.78 Å². The number of ether oxygens (including phenoxy) is 1. The van der Waals surface area contributed by atoms with Crippen LogP contribution in [0, 0.1) is 0 Å². The summed E-state index contributed by atoms with van der Waals surface area (Å²) in [5.41, 5.74) is 5.92. The molecule has 4 nitrogen and oxygen atoms in total. The number of nitrogen functional groups attached to an aromatic ring is 1. The van der Waals surface area contributed by atoms with E-state index in [0.29, 0.717) is 11.9 Å². The van der Waals surface area contributed by atoms with E-state index in [1.54, 1.807) is 0 Å². The third-order valence-electron chi connectivity index (χ3n) is 4.24. The lowest BCUT2D eigenvalue weighted by atomic mass is 9.83. The smallest absolute Gasteiger partial charge is 0.159 e. The lowest BCUT2D eigenvalue weighted by molar-refractivity contribution is -0.0688. The van der Waals surface area contributed by atoms with Crippen molar-refractivity contribution < 1.29 is 4.74 Å². The number of nitrogens with zero attached hydrogens (tertiary/aromatic N) is 2. The highest BCUT2D eigenvalue weighted by molar-refractivity contribution is 9.10. The van der Waals surface area contributed by atoms with Crippen molar-refractivity contribution >= 4 is 21.7 Å². The molecule has 2 N–H and O–H groups in total. The molecule has 0 aromatic carbocycles. The molecule has 0 radical (unpaired) electrons. The van der Waals surface area contributed by atoms with Gasteiger partial charge in [0.25, 0.3) is 0 Å². The summed E-state index contributed by atoms with van der Waals surface area (Å²) in [7, 11) is 0. The van der Waals surface area contributed by atoms with E-state index in [4.69, 9.17) is 10.5 Å². The molecule has 1 aromatic rings. The van der Waals surface area contributed by atoms with Gasteiger partial charge in [0.1, 0.15) is 0 Å². The summed E-state index contributed by atoms with van der Waals surface area (Å²) in [6.07, 6.45) is 11.1. The van der Waals surface area contributed by atoms with Gasteiger partial charge < -0.3 is 10.5 Å². The molecule has 1 aliphatic heterocycles. The number of hydrogen-bond acceptors (Lipinski definition) is 3. The Morgan fingerprint density at radius 1 is 1.39 bits per heavy atom. The quantitative estimate of drug-likeness (QED) is 0.912. The van der Waals surface area contributed by atoms with Crippen molar-refractivity contribution in [3.05, 3.63) is 10.7 Å². The first-order chi connectivity index (χ1) is 8.67. The fraction of sp³-hybridized carbons (Fsp3) is 0.769. The SMILES string of the molecule is Nc1nn(CC2CCC3(CCCCC3)O2)cc1Br. The van der Waals surface area contributed by atoms with E-state index in [1.165, 1.54) is 38.5 Å². The van der Waals surface area contributed by atoms with Gasteiger partial charge in [0.2, 0.25) is 0 Å². The number of rotatable bonds is 2. The summed E-state index contributed by atoms with van der Waals surface area (Å²) >= 11 is 3.39. The highest BCUT2D eigenvalue weighted by Gasteiger charge is 2.40. The third kappa shape index (κ3) is 2.43. The van der Waals surface area contributed by atoms with Gasteiger partial charge in [0.15, 0.2) is 5.82 Å². The van der Waals surface area contributed by atoms with Gasteiger partial charge in [-0.25, -0.2) is 0 Å². The maximum Gasteiger partial charge on any atom is 0.159 e. The van der Waals surface area contributed by atoms with Crippen LogP contribution in [0.5, 0.6) is 0 Å². The maximum atomic E-state index is 6.33. The van der Waals surface area contributed by atoms with Crippen molar-refractivity contribution in [3.63, 3.8) is 0 Å². The zero-order valence-electron chi connectivity index (χ0n) is 10.6. The second kappa shape index (κ2) is 4.85. The number of aromatic nitrogens is 2. The summed E-state index contributed by atoms with van der Waals surface area (Å²) in [5, 5.41) is 4.27. The first kappa shape index (κ1) is 12.5. The van der Waals surface area contributed by atoms with Crippen molar-refractivity contribution in [1.29, 1.82) is 0 Å². The minimum Gasteiger partial charge on any atom is -0.381 e. The van der Waals surface area contributed by atoms with E-state index in [2.05, 4.69) is 21.0 Å². The largest absolute Gasteiger partial charge is 0.381 e. The lowest BCUT2D eigenvalue weighted by Gasteiger charge is -2.33. The van der Waals surface area contributed by atoms with Crippen LogP contribution < -0.4 is 5.73 Å². The van der Waals surface area contributed by atoms with E-state index < -0.39 is 0 Å². The Morgan fingerprint density at radius 3 is 2.83 bits per heavy atom. The molecule has 0 amide bonds. The van der Waals surface area contributed by atoms with Gasteiger partial charge in [0, 0.05) is 6.20 Å². The summed E-state index contributed by atoms with van der Waals surface area (Å²) in [4.78, 5) is 0. The van der Waals surface area contributed by atoms with E-state index in [0.717, 1.165) is 17.4 Å². The lowest BCUT2D eigenvalue weighted by Crippen LogP contribution is -2.32. The molecule has 0 bridgehead atoms. The number of halogens is 1. The number of anilines is 1. The van der Waals surface area contributed by atoms with Crippen molar-refractivity contribution in [2.75, 3.05) is 5.73 Å². The Morgan fingerprint density at radius 2 is 2.17 bits per heavy atom. The molecule has 1 unspecified atom stereocenters. The van der Waals surface area contributed by atoms with Gasteiger partial charge >= 0.3 is 0 Å². The number of hydrogen-bond donors (Lipinski definition) is 1. The Balaban J connectivity index is 1.62. The van der Waals surface area contributed by atoms with Crippen LogP contribution in [-0.4, -0.2) is 21.5 Å². The number of nitrogens with two attached hydrogens (primary N) is 1. The van der Waals surface area contributed by atoms with Crippen LogP contribution in [0.2, 0.25) is 0 Å². The molecule has 1 atom stereocenters. The Labute approximate surface area is 116 Å². The second-order valence-electron chi connectivity index (χ2n) is 5.61. The zero-order chi connectivity index (χ0) is 12.6. The summed E-state index contributed by atoms with van der Waals surface area (Å²) in [6.45, 7) is 0.817. The van der Waals surface area contributed by atoms with Gasteiger partial charge in [-0.3, -0.25) is 4.68 Å². The second-order valence-corrected chi connectivity index (χ2v) is 6.46. The van der Waals surface area contributed by atoms with Crippen LogP contribution in [0.25, 0.3) is 0 Å². The standard InChI is InChI=1S/C13H20BrN3O/c14-11-9-17(16-12(11)15)8-10-4-7-13(18-10)5-2-1-3-6-13/h9-10H,1-8H2,(H2,15,16). The van der Waals surface area contributed by atoms with E-state index >= 15 is 0 Å². The fourth-order valence-electron chi connectivity index (χ4n) is 3.30. The van der Waals surface area contributed by atoms with E-state index in [-0.39, 0.29) is 5.60 Å².